The number of nitrogens with zero attached hydrogens (tertiary/aromatic N) is 2. The number of carbonyl (C=O) groups excluding carboxylic acids is 1. The number of carbonyl (C=O) groups is 1. The van der Waals surface area contributed by atoms with E-state index in [0.717, 1.165) is 25.3 Å². The zero-order valence-corrected chi connectivity index (χ0v) is 11.6. The van der Waals surface area contributed by atoms with Gasteiger partial charge in [0.05, 0.1) is 11.9 Å². The van der Waals surface area contributed by atoms with Crippen molar-refractivity contribution in [3.63, 3.8) is 0 Å². The monoisotopic (exact) mass is 262 g/mol. The molecule has 104 valence electrons. The normalized spacial score (nSPS) is 17.2. The van der Waals surface area contributed by atoms with Crippen molar-refractivity contribution in [2.75, 3.05) is 32.0 Å². The first kappa shape index (κ1) is 13.8. The van der Waals surface area contributed by atoms with Crippen LogP contribution in [0.25, 0.3) is 0 Å². The average Bonchev–Trinajstić information content (AvgIpc) is 2.91. The van der Waals surface area contributed by atoms with Crippen LogP contribution in [0.15, 0.2) is 18.3 Å². The Morgan fingerprint density at radius 2 is 2.16 bits per heavy atom. The molecule has 1 saturated heterocycles. The largest absolute Gasteiger partial charge is 0.387 e. The molecule has 0 spiro atoms. The Hall–Kier alpha value is -1.62. The SMILES string of the molecule is CNc1ccc(C(=O)NC(C)CN2CCCC2)nc1. The second-order valence-electron chi connectivity index (χ2n) is 5.06. The van der Waals surface area contributed by atoms with Crippen molar-refractivity contribution in [1.29, 1.82) is 0 Å². The van der Waals surface area contributed by atoms with E-state index in [1.165, 1.54) is 12.8 Å². The number of anilines is 1. The fraction of sp³-hybridized carbons (Fsp3) is 0.571. The van der Waals surface area contributed by atoms with Crippen molar-refractivity contribution in [2.45, 2.75) is 25.8 Å². The smallest absolute Gasteiger partial charge is 0.270 e. The Morgan fingerprint density at radius 3 is 2.74 bits per heavy atom. The van der Waals surface area contributed by atoms with E-state index >= 15 is 0 Å². The number of hydrogen-bond acceptors (Lipinski definition) is 4. The molecule has 5 heteroatoms. The summed E-state index contributed by atoms with van der Waals surface area (Å²) in [4.78, 5) is 18.6. The van der Waals surface area contributed by atoms with Gasteiger partial charge in [0.15, 0.2) is 0 Å². The summed E-state index contributed by atoms with van der Waals surface area (Å²) in [6, 6.07) is 3.74. The zero-order chi connectivity index (χ0) is 13.7. The van der Waals surface area contributed by atoms with Crippen LogP contribution in [-0.2, 0) is 0 Å². The fourth-order valence-electron chi connectivity index (χ4n) is 2.37. The number of likely N-dealkylation sites (tertiary alicyclic amines) is 1. The topological polar surface area (TPSA) is 57.3 Å². The molecule has 0 aromatic carbocycles. The molecule has 0 bridgehead atoms. The summed E-state index contributed by atoms with van der Waals surface area (Å²) in [6.45, 7) is 5.25. The Bertz CT molecular complexity index is 412. The highest BCUT2D eigenvalue weighted by Crippen LogP contribution is 2.08. The van der Waals surface area contributed by atoms with Crippen molar-refractivity contribution in [3.05, 3.63) is 24.0 Å². The lowest BCUT2D eigenvalue weighted by molar-refractivity contribution is 0.0927. The summed E-state index contributed by atoms with van der Waals surface area (Å²) in [5.41, 5.74) is 1.37. The third-order valence-electron chi connectivity index (χ3n) is 3.39. The second-order valence-corrected chi connectivity index (χ2v) is 5.06. The predicted octanol–water partition coefficient (Wildman–Crippen LogP) is 1.34. The van der Waals surface area contributed by atoms with Crippen molar-refractivity contribution >= 4 is 11.6 Å². The molecular formula is C14H22N4O. The minimum absolute atomic E-state index is 0.102. The van der Waals surface area contributed by atoms with Crippen LogP contribution in [0.2, 0.25) is 0 Å². The maximum Gasteiger partial charge on any atom is 0.270 e. The standard InChI is InChI=1S/C14H22N4O/c1-11(10-18-7-3-4-8-18)17-14(19)13-6-5-12(15-2)9-16-13/h5-6,9,11,15H,3-4,7-8,10H2,1-2H3,(H,17,19). The first-order chi connectivity index (χ1) is 9.19. The summed E-state index contributed by atoms with van der Waals surface area (Å²) in [7, 11) is 1.83. The van der Waals surface area contributed by atoms with Gasteiger partial charge in [-0.3, -0.25) is 4.79 Å². The van der Waals surface area contributed by atoms with Gasteiger partial charge in [-0.1, -0.05) is 0 Å². The van der Waals surface area contributed by atoms with Gasteiger partial charge in [-0.2, -0.15) is 0 Å². The summed E-state index contributed by atoms with van der Waals surface area (Å²) in [5.74, 6) is -0.102. The van der Waals surface area contributed by atoms with Crippen molar-refractivity contribution in [3.8, 4) is 0 Å². The number of amides is 1. The van der Waals surface area contributed by atoms with E-state index in [2.05, 4.69) is 20.5 Å². The van der Waals surface area contributed by atoms with Gasteiger partial charge in [-0.05, 0) is 45.0 Å². The molecule has 2 heterocycles. The summed E-state index contributed by atoms with van der Waals surface area (Å²) < 4.78 is 0. The molecule has 1 unspecified atom stereocenters. The van der Waals surface area contributed by atoms with Gasteiger partial charge in [-0.25, -0.2) is 4.98 Å². The molecule has 1 aliphatic heterocycles. The van der Waals surface area contributed by atoms with E-state index in [0.29, 0.717) is 5.69 Å². The fourth-order valence-corrected chi connectivity index (χ4v) is 2.37. The van der Waals surface area contributed by atoms with E-state index in [-0.39, 0.29) is 11.9 Å². The van der Waals surface area contributed by atoms with Crippen LogP contribution in [0, 0.1) is 0 Å². The van der Waals surface area contributed by atoms with Crippen LogP contribution < -0.4 is 10.6 Å². The van der Waals surface area contributed by atoms with E-state index in [1.807, 2.05) is 20.0 Å². The van der Waals surface area contributed by atoms with E-state index in [1.54, 1.807) is 12.3 Å². The molecule has 0 saturated carbocycles. The Morgan fingerprint density at radius 1 is 1.42 bits per heavy atom. The third-order valence-corrected chi connectivity index (χ3v) is 3.39. The minimum Gasteiger partial charge on any atom is -0.387 e. The van der Waals surface area contributed by atoms with Crippen LogP contribution >= 0.6 is 0 Å². The predicted molar refractivity (Wildman–Crippen MR) is 76.4 cm³/mol. The molecule has 2 N–H and O–H groups in total. The highest BCUT2D eigenvalue weighted by atomic mass is 16.1. The molecule has 1 fully saturated rings. The number of aromatic nitrogens is 1. The molecule has 2 rings (SSSR count). The van der Waals surface area contributed by atoms with Crippen molar-refractivity contribution in [1.82, 2.24) is 15.2 Å². The van der Waals surface area contributed by atoms with E-state index in [9.17, 15) is 4.79 Å². The van der Waals surface area contributed by atoms with E-state index < -0.39 is 0 Å². The Balaban J connectivity index is 1.84. The van der Waals surface area contributed by atoms with Crippen LogP contribution in [-0.4, -0.2) is 48.5 Å². The van der Waals surface area contributed by atoms with Crippen LogP contribution in [0.1, 0.15) is 30.3 Å². The third kappa shape index (κ3) is 3.92. The highest BCUT2D eigenvalue weighted by molar-refractivity contribution is 5.92. The summed E-state index contributed by atoms with van der Waals surface area (Å²) in [5, 5.41) is 5.98. The lowest BCUT2D eigenvalue weighted by atomic mass is 10.2. The number of rotatable bonds is 5. The number of hydrogen-bond donors (Lipinski definition) is 2. The van der Waals surface area contributed by atoms with Crippen LogP contribution in [0.5, 0.6) is 0 Å². The molecule has 19 heavy (non-hydrogen) atoms. The molecular weight excluding hydrogens is 240 g/mol. The molecule has 1 atom stereocenters. The highest BCUT2D eigenvalue weighted by Gasteiger charge is 2.16. The molecule has 1 aliphatic rings. The number of pyridine rings is 1. The lowest BCUT2D eigenvalue weighted by Crippen LogP contribution is -2.41. The molecule has 0 radical (unpaired) electrons. The first-order valence-corrected chi connectivity index (χ1v) is 6.86. The van der Waals surface area contributed by atoms with Crippen LogP contribution in [0.4, 0.5) is 5.69 Å². The van der Waals surface area contributed by atoms with Gasteiger partial charge < -0.3 is 15.5 Å². The zero-order valence-electron chi connectivity index (χ0n) is 11.6. The van der Waals surface area contributed by atoms with Gasteiger partial charge in [0.1, 0.15) is 5.69 Å². The summed E-state index contributed by atoms with van der Waals surface area (Å²) >= 11 is 0. The first-order valence-electron chi connectivity index (χ1n) is 6.86. The van der Waals surface area contributed by atoms with Crippen molar-refractivity contribution < 1.29 is 4.79 Å². The van der Waals surface area contributed by atoms with E-state index in [4.69, 9.17) is 0 Å². The lowest BCUT2D eigenvalue weighted by Gasteiger charge is -2.21. The molecule has 1 aromatic rings. The Kier molecular flexibility index (Phi) is 4.74. The minimum atomic E-state index is -0.102. The van der Waals surface area contributed by atoms with Gasteiger partial charge in [-0.15, -0.1) is 0 Å². The quantitative estimate of drug-likeness (QED) is 0.840. The maximum atomic E-state index is 12.0. The Labute approximate surface area is 114 Å². The van der Waals surface area contributed by atoms with Gasteiger partial charge >= 0.3 is 0 Å². The summed E-state index contributed by atoms with van der Waals surface area (Å²) in [6.07, 6.45) is 4.21. The second kappa shape index (κ2) is 6.52. The van der Waals surface area contributed by atoms with Gasteiger partial charge in [0, 0.05) is 19.6 Å². The van der Waals surface area contributed by atoms with Crippen LogP contribution in [0.3, 0.4) is 0 Å². The molecule has 1 aromatic heterocycles. The molecule has 0 aliphatic carbocycles. The average molecular weight is 262 g/mol. The van der Waals surface area contributed by atoms with Gasteiger partial charge in [0.25, 0.3) is 5.91 Å². The maximum absolute atomic E-state index is 12.0. The van der Waals surface area contributed by atoms with Gasteiger partial charge in [0.2, 0.25) is 0 Å². The molecule has 1 amide bonds. The molecule has 5 nitrogen and oxygen atoms in total. The van der Waals surface area contributed by atoms with Crippen molar-refractivity contribution in [2.24, 2.45) is 0 Å². The number of nitrogens with one attached hydrogen (secondary N) is 2.